The normalized spacial score (nSPS) is 14.3. The molecule has 8 amide bonds. The van der Waals surface area contributed by atoms with Gasteiger partial charge in [0.05, 0.1) is 19.1 Å². The number of aliphatic hydroxyl groups excluding tert-OH is 2. The summed E-state index contributed by atoms with van der Waals surface area (Å²) in [6.07, 6.45) is 6.70. The molecule has 63 heavy (non-hydrogen) atoms. The number of aliphatic carboxylic acids is 2. The molecular formula is C40H71N9O14. The van der Waals surface area contributed by atoms with Crippen molar-refractivity contribution < 1.29 is 68.4 Å². The number of aliphatic hydroxyl groups is 2. The Morgan fingerprint density at radius 2 is 0.952 bits per heavy atom. The minimum absolute atomic E-state index is 0.0744. The summed E-state index contributed by atoms with van der Waals surface area (Å²) in [4.78, 5) is 126. The van der Waals surface area contributed by atoms with E-state index in [2.05, 4.69) is 33.5 Å². The zero-order valence-corrected chi connectivity index (χ0v) is 36.5. The number of unbranched alkanes of at least 4 members (excludes halogenated alkanes) is 10. The third-order valence-electron chi connectivity index (χ3n) is 9.85. The first-order chi connectivity index (χ1) is 29.8. The van der Waals surface area contributed by atoms with E-state index in [0.29, 0.717) is 12.8 Å². The predicted octanol–water partition coefficient (Wildman–Crippen LogP) is -2.20. The van der Waals surface area contributed by atoms with Gasteiger partial charge in [0.2, 0.25) is 47.3 Å². The number of carbonyl (C=O) groups excluding carboxylic acids is 8. The second kappa shape index (κ2) is 33.2. The standard InChI is InChI=1S/C40H71N9O14/c1-3-4-5-6-7-8-9-10-11-12-16-32(54)44-26(17-19-30(42)52)36(58)47-28(22-31(43)53)38(60)48-29(23-50)39(61)45-25(15-13-14-21-41)35(57)46-27(18-20-33(55)56)37(59)49-34(24(2)51)40(62)63/h24-29,34,50-51H,3-23,41H2,1-2H3,(H2,42,52)(H2,43,53)(H,44,54)(H,45,61)(H,46,57)(H,47,58)(H,48,60)(H,49,59)(H,55,56)(H,62,63)/t24-,25-,26-,27+,28+,29-,34+/m1/s1. The van der Waals surface area contributed by atoms with Crippen LogP contribution in [0.3, 0.4) is 0 Å². The van der Waals surface area contributed by atoms with E-state index >= 15 is 0 Å². The molecule has 0 aliphatic rings. The maximum atomic E-state index is 13.5. The first kappa shape index (κ1) is 57.6. The van der Waals surface area contributed by atoms with E-state index in [1.165, 1.54) is 25.7 Å². The number of hydrogen-bond donors (Lipinski definition) is 13. The monoisotopic (exact) mass is 902 g/mol. The highest BCUT2D eigenvalue weighted by molar-refractivity contribution is 5.98. The Labute approximate surface area is 367 Å². The van der Waals surface area contributed by atoms with Gasteiger partial charge >= 0.3 is 11.9 Å². The number of nitrogens with two attached hydrogens (primary N) is 3. The number of hydrogen-bond acceptors (Lipinski definition) is 13. The summed E-state index contributed by atoms with van der Waals surface area (Å²) in [6.45, 7) is 2.33. The number of carbonyl (C=O) groups is 10. The van der Waals surface area contributed by atoms with Gasteiger partial charge in [0.15, 0.2) is 6.04 Å². The van der Waals surface area contributed by atoms with Crippen molar-refractivity contribution in [3.63, 3.8) is 0 Å². The Bertz CT molecular complexity index is 1500. The maximum Gasteiger partial charge on any atom is 0.328 e. The molecule has 0 aromatic heterocycles. The average molecular weight is 902 g/mol. The highest BCUT2D eigenvalue weighted by Gasteiger charge is 2.34. The molecule has 0 rings (SSSR count). The molecule has 0 fully saturated rings. The Kier molecular flexibility index (Phi) is 30.3. The van der Waals surface area contributed by atoms with Gasteiger partial charge in [-0.05, 0) is 52.0 Å². The molecule has 23 nitrogen and oxygen atoms in total. The third-order valence-corrected chi connectivity index (χ3v) is 9.85. The van der Waals surface area contributed by atoms with Crippen molar-refractivity contribution in [3.05, 3.63) is 0 Å². The van der Waals surface area contributed by atoms with Gasteiger partial charge in [-0.2, -0.15) is 0 Å². The van der Waals surface area contributed by atoms with Gasteiger partial charge in [0.1, 0.15) is 30.2 Å². The molecule has 0 radical (unpaired) electrons. The molecule has 0 aromatic carbocycles. The lowest BCUT2D eigenvalue weighted by atomic mass is 10.0. The van der Waals surface area contributed by atoms with Gasteiger partial charge in [0, 0.05) is 19.3 Å². The molecule has 0 saturated heterocycles. The van der Waals surface area contributed by atoms with Gasteiger partial charge in [-0.15, -0.1) is 0 Å². The lowest BCUT2D eigenvalue weighted by Crippen LogP contribution is -2.60. The summed E-state index contributed by atoms with van der Waals surface area (Å²) in [7, 11) is 0. The van der Waals surface area contributed by atoms with E-state index in [1.807, 2.05) is 5.32 Å². The van der Waals surface area contributed by atoms with E-state index in [-0.39, 0.29) is 38.6 Å². The molecule has 23 heteroatoms. The smallest absolute Gasteiger partial charge is 0.328 e. The fourth-order valence-corrected chi connectivity index (χ4v) is 6.23. The molecule has 0 saturated carbocycles. The van der Waals surface area contributed by atoms with Crippen molar-refractivity contribution in [2.45, 2.75) is 178 Å². The van der Waals surface area contributed by atoms with E-state index in [9.17, 15) is 68.4 Å². The van der Waals surface area contributed by atoms with Crippen molar-refractivity contribution in [1.29, 1.82) is 0 Å². The van der Waals surface area contributed by atoms with Crippen molar-refractivity contribution in [2.24, 2.45) is 17.2 Å². The van der Waals surface area contributed by atoms with Crippen LogP contribution in [-0.4, -0.2) is 135 Å². The Balaban J connectivity index is 5.95. The summed E-state index contributed by atoms with van der Waals surface area (Å²) in [5.41, 5.74) is 16.2. The minimum Gasteiger partial charge on any atom is -0.481 e. The van der Waals surface area contributed by atoms with E-state index in [1.54, 1.807) is 0 Å². The number of nitrogens with one attached hydrogen (secondary N) is 6. The molecule has 0 heterocycles. The van der Waals surface area contributed by atoms with Crippen LogP contribution in [0.25, 0.3) is 0 Å². The fourth-order valence-electron chi connectivity index (χ4n) is 6.23. The van der Waals surface area contributed by atoms with Crippen LogP contribution in [0.15, 0.2) is 0 Å². The Morgan fingerprint density at radius 1 is 0.508 bits per heavy atom. The molecule has 16 N–H and O–H groups in total. The SMILES string of the molecule is CCCCCCCCCCCCC(=O)N[C@H](CCC(N)=O)C(=O)N[C@@H](CC(N)=O)C(=O)N[C@H](CO)C(=O)N[C@H](CCCCN)C(=O)N[C@@H](CCC(=O)O)C(=O)N[C@H](C(=O)O)[C@@H](C)O. The van der Waals surface area contributed by atoms with Crippen LogP contribution >= 0.6 is 0 Å². The van der Waals surface area contributed by atoms with Crippen LogP contribution in [0.1, 0.15) is 136 Å². The third kappa shape index (κ3) is 26.6. The fraction of sp³-hybridized carbons (Fsp3) is 0.750. The summed E-state index contributed by atoms with van der Waals surface area (Å²) in [6, 6.07) is -9.94. The van der Waals surface area contributed by atoms with Gasteiger partial charge < -0.3 is 69.5 Å². The van der Waals surface area contributed by atoms with Gasteiger partial charge in [0.25, 0.3) is 0 Å². The van der Waals surface area contributed by atoms with Crippen LogP contribution < -0.4 is 49.1 Å². The maximum absolute atomic E-state index is 13.5. The largest absolute Gasteiger partial charge is 0.481 e. The second-order valence-corrected chi connectivity index (χ2v) is 15.4. The minimum atomic E-state index is -1.82. The Hall–Kier alpha value is -5.42. The number of carboxylic acid groups (broad SMARTS) is 2. The van der Waals surface area contributed by atoms with Crippen LogP contribution in [0.5, 0.6) is 0 Å². The summed E-state index contributed by atoms with van der Waals surface area (Å²) < 4.78 is 0. The highest BCUT2D eigenvalue weighted by atomic mass is 16.4. The molecule has 0 bridgehead atoms. The topological polar surface area (TPSA) is 402 Å². The number of primary amides is 2. The van der Waals surface area contributed by atoms with Crippen LogP contribution in [-0.2, 0) is 47.9 Å². The molecular weight excluding hydrogens is 830 g/mol. The Morgan fingerprint density at radius 3 is 1.43 bits per heavy atom. The van der Waals surface area contributed by atoms with Gasteiger partial charge in [-0.3, -0.25) is 43.2 Å². The van der Waals surface area contributed by atoms with E-state index in [4.69, 9.17) is 17.2 Å². The van der Waals surface area contributed by atoms with Crippen LogP contribution in [0.2, 0.25) is 0 Å². The van der Waals surface area contributed by atoms with Crippen molar-refractivity contribution in [2.75, 3.05) is 13.2 Å². The van der Waals surface area contributed by atoms with Crippen LogP contribution in [0, 0.1) is 0 Å². The lowest BCUT2D eigenvalue weighted by Gasteiger charge is -2.27. The second-order valence-electron chi connectivity index (χ2n) is 15.4. The van der Waals surface area contributed by atoms with Gasteiger partial charge in [-0.1, -0.05) is 64.7 Å². The van der Waals surface area contributed by atoms with Crippen molar-refractivity contribution in [3.8, 4) is 0 Å². The van der Waals surface area contributed by atoms with E-state index < -0.39 is 127 Å². The van der Waals surface area contributed by atoms with Crippen molar-refractivity contribution in [1.82, 2.24) is 31.9 Å². The van der Waals surface area contributed by atoms with Gasteiger partial charge in [-0.25, -0.2) is 4.79 Å². The average Bonchev–Trinajstić information content (AvgIpc) is 3.21. The van der Waals surface area contributed by atoms with E-state index in [0.717, 1.165) is 39.0 Å². The predicted molar refractivity (Wildman–Crippen MR) is 226 cm³/mol. The number of rotatable bonds is 37. The molecule has 0 aliphatic heterocycles. The summed E-state index contributed by atoms with van der Waals surface area (Å²) in [5.74, 6) is -10.9. The highest BCUT2D eigenvalue weighted by Crippen LogP contribution is 2.12. The molecule has 0 unspecified atom stereocenters. The molecule has 7 atom stereocenters. The molecule has 0 spiro atoms. The first-order valence-electron chi connectivity index (χ1n) is 21.6. The molecule has 360 valence electrons. The van der Waals surface area contributed by atoms with Crippen LogP contribution in [0.4, 0.5) is 0 Å². The molecule has 0 aromatic rings. The molecule has 0 aliphatic carbocycles. The van der Waals surface area contributed by atoms with Crippen molar-refractivity contribution >= 4 is 59.2 Å². The summed E-state index contributed by atoms with van der Waals surface area (Å²) in [5, 5.41) is 52.1. The first-order valence-corrected chi connectivity index (χ1v) is 21.6. The zero-order valence-electron chi connectivity index (χ0n) is 36.5. The quantitative estimate of drug-likeness (QED) is 0.0294. The number of amides is 8. The lowest BCUT2D eigenvalue weighted by molar-refractivity contribution is -0.145. The number of carboxylic acids is 2. The zero-order chi connectivity index (χ0) is 47.9. The summed E-state index contributed by atoms with van der Waals surface area (Å²) >= 11 is 0.